The van der Waals surface area contributed by atoms with E-state index in [0.717, 1.165) is 37.6 Å². The normalized spacial score (nSPS) is 22.9. The van der Waals surface area contributed by atoms with Crippen molar-refractivity contribution in [3.63, 3.8) is 0 Å². The number of benzene rings is 1. The molecule has 1 saturated heterocycles. The second kappa shape index (κ2) is 8.35. The number of hydrogen-bond acceptors (Lipinski definition) is 4. The van der Waals surface area contributed by atoms with Crippen LogP contribution in [0.3, 0.4) is 0 Å². The van der Waals surface area contributed by atoms with Crippen molar-refractivity contribution in [2.45, 2.75) is 19.4 Å². The summed E-state index contributed by atoms with van der Waals surface area (Å²) in [6.45, 7) is 5.98. The molecule has 114 valence electrons. The van der Waals surface area contributed by atoms with Crippen LogP contribution in [0, 0.1) is 5.92 Å². The summed E-state index contributed by atoms with van der Waals surface area (Å²) in [6, 6.07) is 8.11. The zero-order chi connectivity index (χ0) is 13.7. The smallest absolute Gasteiger partial charge is 0.161 e. The van der Waals surface area contributed by atoms with Crippen LogP contribution in [0.4, 0.5) is 0 Å². The SMILES string of the molecule is COc1ccccc1OCCN1CCC(N)C(C)C1.Cl. The summed E-state index contributed by atoms with van der Waals surface area (Å²) in [6.07, 6.45) is 1.08. The van der Waals surface area contributed by atoms with Crippen LogP contribution in [-0.4, -0.2) is 44.3 Å². The van der Waals surface area contributed by atoms with E-state index >= 15 is 0 Å². The van der Waals surface area contributed by atoms with E-state index < -0.39 is 0 Å². The van der Waals surface area contributed by atoms with Gasteiger partial charge in [-0.2, -0.15) is 0 Å². The predicted molar refractivity (Wildman–Crippen MR) is 83.9 cm³/mol. The zero-order valence-corrected chi connectivity index (χ0v) is 13.1. The van der Waals surface area contributed by atoms with Crippen LogP contribution >= 0.6 is 12.4 Å². The quantitative estimate of drug-likeness (QED) is 0.905. The molecule has 0 amide bonds. The van der Waals surface area contributed by atoms with E-state index in [0.29, 0.717) is 18.6 Å². The number of hydrogen-bond donors (Lipinski definition) is 1. The number of nitrogens with zero attached hydrogens (tertiary/aromatic N) is 1. The number of likely N-dealkylation sites (tertiary alicyclic amines) is 1. The lowest BCUT2D eigenvalue weighted by atomic mass is 9.95. The minimum Gasteiger partial charge on any atom is -0.493 e. The number of ether oxygens (including phenoxy) is 2. The summed E-state index contributed by atoms with van der Waals surface area (Å²) < 4.78 is 11.1. The van der Waals surface area contributed by atoms with Crippen molar-refractivity contribution in [2.75, 3.05) is 33.4 Å². The van der Waals surface area contributed by atoms with Gasteiger partial charge in [-0.15, -0.1) is 12.4 Å². The lowest BCUT2D eigenvalue weighted by Crippen LogP contribution is -2.46. The largest absolute Gasteiger partial charge is 0.493 e. The number of halogens is 1. The Hall–Kier alpha value is -0.970. The van der Waals surface area contributed by atoms with E-state index in [1.165, 1.54) is 0 Å². The molecule has 0 saturated carbocycles. The molecule has 1 aliphatic heterocycles. The van der Waals surface area contributed by atoms with Crippen molar-refractivity contribution < 1.29 is 9.47 Å². The molecule has 0 aromatic heterocycles. The number of rotatable bonds is 5. The maximum atomic E-state index is 6.02. The van der Waals surface area contributed by atoms with Gasteiger partial charge in [0.1, 0.15) is 6.61 Å². The Morgan fingerprint density at radius 1 is 1.30 bits per heavy atom. The average Bonchev–Trinajstić information content (AvgIpc) is 2.43. The van der Waals surface area contributed by atoms with Crippen LogP contribution in [0.5, 0.6) is 11.5 Å². The molecule has 5 heteroatoms. The molecule has 1 aromatic carbocycles. The van der Waals surface area contributed by atoms with Crippen molar-refractivity contribution in [1.29, 1.82) is 0 Å². The molecule has 2 atom stereocenters. The molecule has 4 nitrogen and oxygen atoms in total. The highest BCUT2D eigenvalue weighted by Gasteiger charge is 2.22. The molecular formula is C15H25ClN2O2. The fourth-order valence-corrected chi connectivity index (χ4v) is 2.48. The topological polar surface area (TPSA) is 47.7 Å². The fraction of sp³-hybridized carbons (Fsp3) is 0.600. The maximum absolute atomic E-state index is 6.02. The average molecular weight is 301 g/mol. The molecule has 1 aliphatic rings. The highest BCUT2D eigenvalue weighted by Crippen LogP contribution is 2.25. The first kappa shape index (κ1) is 17.1. The van der Waals surface area contributed by atoms with Crippen LogP contribution in [0.15, 0.2) is 24.3 Å². The van der Waals surface area contributed by atoms with Gasteiger partial charge in [0.25, 0.3) is 0 Å². The molecular weight excluding hydrogens is 276 g/mol. The molecule has 20 heavy (non-hydrogen) atoms. The predicted octanol–water partition coefficient (Wildman–Crippen LogP) is 2.16. The molecule has 0 spiro atoms. The number of methoxy groups -OCH3 is 1. The van der Waals surface area contributed by atoms with Gasteiger partial charge in [0.15, 0.2) is 11.5 Å². The zero-order valence-electron chi connectivity index (χ0n) is 12.2. The van der Waals surface area contributed by atoms with Crippen molar-refractivity contribution >= 4 is 12.4 Å². The van der Waals surface area contributed by atoms with Gasteiger partial charge in [-0.25, -0.2) is 0 Å². The van der Waals surface area contributed by atoms with Gasteiger partial charge >= 0.3 is 0 Å². The number of piperidine rings is 1. The van der Waals surface area contributed by atoms with Crippen molar-refractivity contribution in [1.82, 2.24) is 4.90 Å². The summed E-state index contributed by atoms with van der Waals surface area (Å²) >= 11 is 0. The first-order chi connectivity index (χ1) is 9.20. The minimum absolute atomic E-state index is 0. The van der Waals surface area contributed by atoms with E-state index in [-0.39, 0.29) is 12.4 Å². The monoisotopic (exact) mass is 300 g/mol. The molecule has 0 radical (unpaired) electrons. The van der Waals surface area contributed by atoms with Crippen molar-refractivity contribution in [2.24, 2.45) is 11.7 Å². The lowest BCUT2D eigenvalue weighted by Gasteiger charge is -2.34. The van der Waals surface area contributed by atoms with Gasteiger partial charge in [0.2, 0.25) is 0 Å². The van der Waals surface area contributed by atoms with Crippen LogP contribution in [0.1, 0.15) is 13.3 Å². The molecule has 1 heterocycles. The lowest BCUT2D eigenvalue weighted by molar-refractivity contribution is 0.138. The van der Waals surface area contributed by atoms with E-state index in [2.05, 4.69) is 11.8 Å². The van der Waals surface area contributed by atoms with Gasteiger partial charge in [-0.1, -0.05) is 19.1 Å². The molecule has 2 rings (SSSR count). The summed E-state index contributed by atoms with van der Waals surface area (Å²) in [7, 11) is 1.66. The highest BCUT2D eigenvalue weighted by atomic mass is 35.5. The van der Waals surface area contributed by atoms with E-state index in [4.69, 9.17) is 15.2 Å². The second-order valence-corrected chi connectivity index (χ2v) is 5.23. The minimum atomic E-state index is 0. The maximum Gasteiger partial charge on any atom is 0.161 e. The Balaban J connectivity index is 0.00000200. The summed E-state index contributed by atoms with van der Waals surface area (Å²) in [5.41, 5.74) is 6.02. The molecule has 2 unspecified atom stereocenters. The second-order valence-electron chi connectivity index (χ2n) is 5.23. The Labute approximate surface area is 127 Å². The first-order valence-electron chi connectivity index (χ1n) is 6.94. The van der Waals surface area contributed by atoms with Crippen LogP contribution < -0.4 is 15.2 Å². The third-order valence-electron chi connectivity index (χ3n) is 3.79. The molecule has 1 fully saturated rings. The Morgan fingerprint density at radius 2 is 2.00 bits per heavy atom. The van der Waals surface area contributed by atoms with E-state index in [1.54, 1.807) is 7.11 Å². The van der Waals surface area contributed by atoms with Crippen molar-refractivity contribution in [3.05, 3.63) is 24.3 Å². The van der Waals surface area contributed by atoms with Crippen LogP contribution in [0.25, 0.3) is 0 Å². The molecule has 0 bridgehead atoms. The Morgan fingerprint density at radius 3 is 2.65 bits per heavy atom. The molecule has 0 aliphatic carbocycles. The van der Waals surface area contributed by atoms with Gasteiger partial charge in [-0.3, -0.25) is 4.90 Å². The van der Waals surface area contributed by atoms with Gasteiger partial charge < -0.3 is 15.2 Å². The highest BCUT2D eigenvalue weighted by molar-refractivity contribution is 5.85. The van der Waals surface area contributed by atoms with E-state index in [1.807, 2.05) is 24.3 Å². The standard InChI is InChI=1S/C15H24N2O2.ClH/c1-12-11-17(8-7-13(12)16)9-10-19-15-6-4-3-5-14(15)18-2;/h3-6,12-13H,7-11,16H2,1-2H3;1H. The fourth-order valence-electron chi connectivity index (χ4n) is 2.48. The van der Waals surface area contributed by atoms with E-state index in [9.17, 15) is 0 Å². The molecule has 1 aromatic rings. The van der Waals surface area contributed by atoms with Crippen LogP contribution in [-0.2, 0) is 0 Å². The van der Waals surface area contributed by atoms with Gasteiger partial charge in [0.05, 0.1) is 7.11 Å². The Kier molecular flexibility index (Phi) is 7.13. The first-order valence-corrected chi connectivity index (χ1v) is 6.94. The number of para-hydroxylation sites is 2. The third kappa shape index (κ3) is 4.54. The summed E-state index contributed by atoms with van der Waals surface area (Å²) in [4.78, 5) is 2.42. The third-order valence-corrected chi connectivity index (χ3v) is 3.79. The van der Waals surface area contributed by atoms with Gasteiger partial charge in [0, 0.05) is 19.1 Å². The van der Waals surface area contributed by atoms with Crippen LogP contribution in [0.2, 0.25) is 0 Å². The summed E-state index contributed by atoms with van der Waals surface area (Å²) in [5, 5.41) is 0. The van der Waals surface area contributed by atoms with Crippen molar-refractivity contribution in [3.8, 4) is 11.5 Å². The Bertz CT molecular complexity index is 403. The summed E-state index contributed by atoms with van der Waals surface area (Å²) in [5.74, 6) is 2.17. The molecule has 2 N–H and O–H groups in total. The van der Waals surface area contributed by atoms with Gasteiger partial charge in [-0.05, 0) is 31.0 Å². The number of nitrogens with two attached hydrogens (primary N) is 1.